The number of ketones is 1. The summed E-state index contributed by atoms with van der Waals surface area (Å²) in [4.78, 5) is 23.8. The first-order valence-electron chi connectivity index (χ1n) is 8.67. The van der Waals surface area contributed by atoms with E-state index in [9.17, 15) is 9.59 Å². The van der Waals surface area contributed by atoms with Crippen LogP contribution in [0.2, 0.25) is 0 Å². The van der Waals surface area contributed by atoms with Crippen molar-refractivity contribution in [1.29, 1.82) is 0 Å². The number of esters is 1. The Labute approximate surface area is 158 Å². The fourth-order valence-corrected chi connectivity index (χ4v) is 4.74. The van der Waals surface area contributed by atoms with E-state index in [1.54, 1.807) is 6.08 Å². The standard InChI is InChI=1S/C18H23BO5P2/c1-11-3-2-4-13(7-11)22-10-12(20)5-6-14-15-8-18(21)23-16(15)9-17(14)24-26(19)25/h2-7,14-17H,8-10,19,25H2,1H3/b6-5+/t14-,15-,16+,17-,26?/m1/s1. The molecule has 0 aromatic heterocycles. The van der Waals surface area contributed by atoms with Crippen molar-refractivity contribution in [2.24, 2.45) is 11.8 Å². The van der Waals surface area contributed by atoms with Gasteiger partial charge in [-0.15, -0.1) is 0 Å². The first-order chi connectivity index (χ1) is 12.4. The highest BCUT2D eigenvalue weighted by molar-refractivity contribution is 8.23. The average molecular weight is 392 g/mol. The van der Waals surface area contributed by atoms with E-state index in [4.69, 9.17) is 14.0 Å². The van der Waals surface area contributed by atoms with Gasteiger partial charge in [-0.25, -0.2) is 0 Å². The van der Waals surface area contributed by atoms with E-state index in [-0.39, 0.29) is 42.4 Å². The number of fused-ring (bicyclic) bond motifs is 1. The largest absolute Gasteiger partial charge is 0.485 e. The summed E-state index contributed by atoms with van der Waals surface area (Å²) in [7, 11) is 4.09. The predicted molar refractivity (Wildman–Crippen MR) is 107 cm³/mol. The van der Waals surface area contributed by atoms with Crippen LogP contribution in [-0.2, 0) is 18.8 Å². The number of carbonyl (C=O) groups excluding carboxylic acids is 2. The molecule has 138 valence electrons. The van der Waals surface area contributed by atoms with Crippen LogP contribution in [0.5, 0.6) is 5.75 Å². The zero-order valence-electron chi connectivity index (χ0n) is 15.0. The molecule has 0 amide bonds. The van der Waals surface area contributed by atoms with Crippen molar-refractivity contribution in [1.82, 2.24) is 0 Å². The lowest BCUT2D eigenvalue weighted by Crippen LogP contribution is -2.20. The molecule has 1 saturated carbocycles. The maximum atomic E-state index is 12.2. The molecule has 2 unspecified atom stereocenters. The van der Waals surface area contributed by atoms with Crippen LogP contribution < -0.4 is 4.74 Å². The fraction of sp³-hybridized carbons (Fsp3) is 0.444. The van der Waals surface area contributed by atoms with Crippen LogP contribution in [-0.4, -0.2) is 38.1 Å². The minimum atomic E-state index is -0.602. The molecular weight excluding hydrogens is 369 g/mol. The van der Waals surface area contributed by atoms with Gasteiger partial charge >= 0.3 is 5.97 Å². The number of benzene rings is 1. The number of carbonyl (C=O) groups is 2. The van der Waals surface area contributed by atoms with Crippen LogP contribution in [0.15, 0.2) is 36.4 Å². The Morgan fingerprint density at radius 2 is 2.31 bits per heavy atom. The second kappa shape index (κ2) is 8.65. The molecule has 1 aliphatic carbocycles. The SMILES string of the molecule is BP(P)O[C@@H]1C[C@@H]2OC(=O)C[C@@H]2[C@H]1/C=C/C(=O)COc1cccc(C)c1. The smallest absolute Gasteiger partial charge is 0.306 e. The third-order valence-electron chi connectivity index (χ3n) is 4.73. The minimum Gasteiger partial charge on any atom is -0.485 e. The minimum absolute atomic E-state index is 0.00810. The molecule has 1 heterocycles. The van der Waals surface area contributed by atoms with Gasteiger partial charge in [0.25, 0.3) is 0 Å². The molecule has 2 aliphatic rings. The second-order valence-corrected chi connectivity index (χ2v) is 10.3. The summed E-state index contributed by atoms with van der Waals surface area (Å²) in [6.45, 7) is 1.97. The monoisotopic (exact) mass is 392 g/mol. The Balaban J connectivity index is 1.60. The molecule has 1 aromatic carbocycles. The summed E-state index contributed by atoms with van der Waals surface area (Å²) in [5.74, 6) is 0.525. The maximum Gasteiger partial charge on any atom is 0.306 e. The molecule has 0 spiro atoms. The highest BCUT2D eigenvalue weighted by Crippen LogP contribution is 2.50. The van der Waals surface area contributed by atoms with Gasteiger partial charge in [-0.05, 0) is 38.4 Å². The third-order valence-corrected chi connectivity index (χ3v) is 5.70. The number of ether oxygens (including phenoxy) is 2. The Hall–Kier alpha value is -1.22. The molecule has 8 heteroatoms. The van der Waals surface area contributed by atoms with Gasteiger partial charge in [-0.1, -0.05) is 27.1 Å². The van der Waals surface area contributed by atoms with E-state index < -0.39 is 7.72 Å². The van der Waals surface area contributed by atoms with Crippen molar-refractivity contribution in [3.63, 3.8) is 0 Å². The van der Waals surface area contributed by atoms with Crippen LogP contribution >= 0.6 is 16.6 Å². The first kappa shape index (κ1) is 19.5. The second-order valence-electron chi connectivity index (χ2n) is 6.83. The average Bonchev–Trinajstić information content (AvgIpc) is 3.06. The maximum absolute atomic E-state index is 12.2. The molecule has 1 aromatic rings. The molecule has 3 rings (SSSR count). The Morgan fingerprint density at radius 3 is 3.04 bits per heavy atom. The molecule has 0 radical (unpaired) electrons. The summed E-state index contributed by atoms with van der Waals surface area (Å²) in [6.07, 6.45) is 4.41. The van der Waals surface area contributed by atoms with Gasteiger partial charge in [0.15, 0.2) is 20.0 Å². The first-order valence-corrected chi connectivity index (χ1v) is 12.0. The van der Waals surface area contributed by atoms with Gasteiger partial charge in [0.05, 0.1) is 12.5 Å². The quantitative estimate of drug-likeness (QED) is 0.309. The lowest BCUT2D eigenvalue weighted by Gasteiger charge is -2.22. The van der Waals surface area contributed by atoms with Crippen molar-refractivity contribution in [2.45, 2.75) is 32.0 Å². The van der Waals surface area contributed by atoms with Crippen molar-refractivity contribution < 1.29 is 23.6 Å². The summed E-state index contributed by atoms with van der Waals surface area (Å²) >= 11 is 0. The lowest BCUT2D eigenvalue weighted by atomic mass is 9.91. The van der Waals surface area contributed by atoms with Gasteiger partial charge in [-0.2, -0.15) is 0 Å². The summed E-state index contributed by atoms with van der Waals surface area (Å²) in [6, 6.07) is 7.60. The normalized spacial score (nSPS) is 28.8. The lowest BCUT2D eigenvalue weighted by molar-refractivity contribution is -0.141. The Kier molecular flexibility index (Phi) is 6.50. The molecule has 2 fully saturated rings. The molecular formula is C18H23BO5P2. The topological polar surface area (TPSA) is 61.8 Å². The summed E-state index contributed by atoms with van der Waals surface area (Å²) in [5, 5.41) is 0. The molecule has 1 saturated heterocycles. The van der Waals surface area contributed by atoms with E-state index in [2.05, 4.69) is 8.93 Å². The zero-order chi connectivity index (χ0) is 18.7. The van der Waals surface area contributed by atoms with E-state index in [0.717, 1.165) is 5.56 Å². The van der Waals surface area contributed by atoms with Gasteiger partial charge < -0.3 is 14.0 Å². The Morgan fingerprint density at radius 1 is 1.50 bits per heavy atom. The van der Waals surface area contributed by atoms with Gasteiger partial charge in [0.2, 0.25) is 0 Å². The van der Waals surface area contributed by atoms with E-state index in [1.807, 2.05) is 44.8 Å². The van der Waals surface area contributed by atoms with Crippen molar-refractivity contribution in [2.75, 3.05) is 6.61 Å². The molecule has 5 nitrogen and oxygen atoms in total. The Bertz CT molecular complexity index is 709. The highest BCUT2D eigenvalue weighted by atomic mass is 32.0. The van der Waals surface area contributed by atoms with E-state index >= 15 is 0 Å². The van der Waals surface area contributed by atoms with Gasteiger partial charge in [0, 0.05) is 18.3 Å². The summed E-state index contributed by atoms with van der Waals surface area (Å²) < 4.78 is 16.9. The number of hydrogen-bond donors (Lipinski definition) is 0. The molecule has 26 heavy (non-hydrogen) atoms. The fourth-order valence-electron chi connectivity index (χ4n) is 3.62. The highest BCUT2D eigenvalue weighted by Gasteiger charge is 2.49. The van der Waals surface area contributed by atoms with E-state index in [0.29, 0.717) is 18.6 Å². The number of rotatable bonds is 7. The van der Waals surface area contributed by atoms with Crippen LogP contribution in [0.4, 0.5) is 0 Å². The van der Waals surface area contributed by atoms with Gasteiger partial charge in [0.1, 0.15) is 11.9 Å². The predicted octanol–water partition coefficient (Wildman–Crippen LogP) is 2.57. The number of hydrogen-bond acceptors (Lipinski definition) is 5. The van der Waals surface area contributed by atoms with Crippen LogP contribution in [0, 0.1) is 18.8 Å². The van der Waals surface area contributed by atoms with E-state index in [1.165, 1.54) is 0 Å². The number of aryl methyl sites for hydroxylation is 1. The zero-order valence-corrected chi connectivity index (χ0v) is 17.0. The van der Waals surface area contributed by atoms with Crippen molar-refractivity contribution in [3.05, 3.63) is 42.0 Å². The third kappa shape index (κ3) is 4.94. The van der Waals surface area contributed by atoms with Crippen molar-refractivity contribution in [3.8, 4) is 5.75 Å². The van der Waals surface area contributed by atoms with Crippen LogP contribution in [0.25, 0.3) is 0 Å². The van der Waals surface area contributed by atoms with Crippen molar-refractivity contribution >= 4 is 36.0 Å². The van der Waals surface area contributed by atoms with Crippen LogP contribution in [0.1, 0.15) is 18.4 Å². The molecule has 6 atom stereocenters. The summed E-state index contributed by atoms with van der Waals surface area (Å²) in [5.41, 5.74) is 1.09. The molecule has 0 N–H and O–H groups in total. The molecule has 1 aliphatic heterocycles. The van der Waals surface area contributed by atoms with Crippen LogP contribution in [0.3, 0.4) is 0 Å². The van der Waals surface area contributed by atoms with Gasteiger partial charge in [-0.3, -0.25) is 9.59 Å². The molecule has 0 bridgehead atoms.